The number of rotatable bonds is 4. The summed E-state index contributed by atoms with van der Waals surface area (Å²) in [6.45, 7) is 14.4. The molecule has 0 saturated carbocycles. The Bertz CT molecular complexity index is 1250. The lowest BCUT2D eigenvalue weighted by molar-refractivity contribution is 1.67. The third kappa shape index (κ3) is 2.38. The van der Waals surface area contributed by atoms with E-state index in [4.69, 9.17) is 0 Å². The van der Waals surface area contributed by atoms with Crippen LogP contribution >= 0.6 is 0 Å². The summed E-state index contributed by atoms with van der Waals surface area (Å²) in [5, 5.41) is 7.39. The molecule has 0 amide bonds. The summed E-state index contributed by atoms with van der Waals surface area (Å²) < 4.78 is 0. The number of hydrogen-bond acceptors (Lipinski definition) is 0. The molecule has 130 valence electrons. The van der Waals surface area contributed by atoms with Gasteiger partial charge < -0.3 is 0 Å². The van der Waals surface area contributed by atoms with Crippen molar-refractivity contribution in [3.05, 3.63) is 96.6 Å². The zero-order valence-corrected chi connectivity index (χ0v) is 15.6. The standard InChI is InChI=1S/C27H22/c1-5-13-23-19(7-3)22-15-10-12-17-25(22)27-24-16-11-9-14-21(24)18(6-2)20(8-4)26(23)27/h5-17H,2-4H2,1H3/b13-5-. The molecule has 0 unspecified atom stereocenters. The Morgan fingerprint density at radius 1 is 0.556 bits per heavy atom. The Morgan fingerprint density at radius 3 is 1.44 bits per heavy atom. The van der Waals surface area contributed by atoms with Crippen LogP contribution in [0.3, 0.4) is 0 Å². The maximum absolute atomic E-state index is 4.14. The van der Waals surface area contributed by atoms with E-state index in [1.165, 1.54) is 37.9 Å². The predicted octanol–water partition coefficient (Wildman–Crippen LogP) is 8.11. The van der Waals surface area contributed by atoms with Crippen molar-refractivity contribution in [2.45, 2.75) is 6.92 Å². The smallest absolute Gasteiger partial charge is 0.00139 e. The maximum atomic E-state index is 4.14. The molecule has 4 aromatic rings. The van der Waals surface area contributed by atoms with Crippen LogP contribution in [0.2, 0.25) is 0 Å². The second kappa shape index (κ2) is 6.74. The highest BCUT2D eigenvalue weighted by Gasteiger charge is 2.18. The van der Waals surface area contributed by atoms with E-state index in [2.05, 4.69) is 87.3 Å². The Morgan fingerprint density at radius 2 is 1.00 bits per heavy atom. The van der Waals surface area contributed by atoms with E-state index in [9.17, 15) is 0 Å². The van der Waals surface area contributed by atoms with Gasteiger partial charge >= 0.3 is 0 Å². The quantitative estimate of drug-likeness (QED) is 0.327. The van der Waals surface area contributed by atoms with Gasteiger partial charge in [0, 0.05) is 0 Å². The van der Waals surface area contributed by atoms with Crippen molar-refractivity contribution >= 4 is 56.6 Å². The van der Waals surface area contributed by atoms with Crippen molar-refractivity contribution in [1.82, 2.24) is 0 Å². The highest BCUT2D eigenvalue weighted by molar-refractivity contribution is 6.27. The first-order valence-corrected chi connectivity index (χ1v) is 9.19. The molecule has 0 aliphatic carbocycles. The molecule has 0 heterocycles. The third-order valence-corrected chi connectivity index (χ3v) is 5.29. The lowest BCUT2D eigenvalue weighted by atomic mass is 9.83. The fraction of sp³-hybridized carbons (Fsp3) is 0.0370. The van der Waals surface area contributed by atoms with E-state index < -0.39 is 0 Å². The maximum Gasteiger partial charge on any atom is -0.00139 e. The second-order valence-corrected chi connectivity index (χ2v) is 6.61. The molecule has 0 aromatic heterocycles. The summed E-state index contributed by atoms with van der Waals surface area (Å²) in [6.07, 6.45) is 10.1. The molecule has 4 rings (SSSR count). The summed E-state index contributed by atoms with van der Waals surface area (Å²) >= 11 is 0. The second-order valence-electron chi connectivity index (χ2n) is 6.61. The number of fused-ring (bicyclic) bond motifs is 5. The van der Waals surface area contributed by atoms with E-state index in [1.807, 2.05) is 18.2 Å². The van der Waals surface area contributed by atoms with Gasteiger partial charge in [0.1, 0.15) is 0 Å². The Balaban J connectivity index is 2.52. The molecule has 0 aliphatic rings. The van der Waals surface area contributed by atoms with Gasteiger partial charge in [-0.2, -0.15) is 0 Å². The van der Waals surface area contributed by atoms with Crippen LogP contribution in [0.5, 0.6) is 0 Å². The fourth-order valence-electron chi connectivity index (χ4n) is 4.25. The summed E-state index contributed by atoms with van der Waals surface area (Å²) in [6, 6.07) is 17.2. The average molecular weight is 346 g/mol. The SMILES string of the molecule is C=Cc1c(C=C)c2c(/C=C\C)c(C=C)c3ccccc3c2c2ccccc12. The molecule has 0 bridgehead atoms. The zero-order chi connectivity index (χ0) is 19.0. The molecule has 0 spiro atoms. The normalized spacial score (nSPS) is 11.4. The highest BCUT2D eigenvalue weighted by atomic mass is 14.2. The van der Waals surface area contributed by atoms with E-state index in [0.29, 0.717) is 0 Å². The molecule has 0 radical (unpaired) electrons. The minimum absolute atomic E-state index is 1.13. The average Bonchev–Trinajstić information content (AvgIpc) is 2.72. The molecule has 0 saturated heterocycles. The van der Waals surface area contributed by atoms with Crippen LogP contribution in [-0.2, 0) is 0 Å². The number of allylic oxidation sites excluding steroid dienone is 1. The van der Waals surface area contributed by atoms with Gasteiger partial charge in [-0.05, 0) is 61.5 Å². The first-order valence-electron chi connectivity index (χ1n) is 9.19. The molecule has 0 nitrogen and oxygen atoms in total. The summed E-state index contributed by atoms with van der Waals surface area (Å²) in [5.74, 6) is 0. The van der Waals surface area contributed by atoms with Gasteiger partial charge in [-0.3, -0.25) is 0 Å². The van der Waals surface area contributed by atoms with E-state index in [1.54, 1.807) is 0 Å². The Labute approximate surface area is 160 Å². The van der Waals surface area contributed by atoms with Gasteiger partial charge in [0.15, 0.2) is 0 Å². The molecule has 0 atom stereocenters. The van der Waals surface area contributed by atoms with Crippen LogP contribution in [0.1, 0.15) is 29.2 Å². The van der Waals surface area contributed by atoms with Crippen molar-refractivity contribution in [2.75, 3.05) is 0 Å². The van der Waals surface area contributed by atoms with Crippen LogP contribution in [0, 0.1) is 0 Å². The molecule has 0 heteroatoms. The van der Waals surface area contributed by atoms with Crippen LogP contribution in [0.25, 0.3) is 56.6 Å². The molecular formula is C27H22. The first-order chi connectivity index (χ1) is 13.3. The first kappa shape index (κ1) is 17.1. The summed E-state index contributed by atoms with van der Waals surface area (Å²) in [5.41, 5.74) is 4.60. The highest BCUT2D eigenvalue weighted by Crippen LogP contribution is 2.43. The lowest BCUT2D eigenvalue weighted by Gasteiger charge is -2.19. The van der Waals surface area contributed by atoms with E-state index in [-0.39, 0.29) is 0 Å². The largest absolute Gasteiger partial charge is 0.0984 e. The molecule has 27 heavy (non-hydrogen) atoms. The number of hydrogen-bond donors (Lipinski definition) is 0. The van der Waals surface area contributed by atoms with Crippen LogP contribution in [-0.4, -0.2) is 0 Å². The van der Waals surface area contributed by atoms with Crippen molar-refractivity contribution in [3.63, 3.8) is 0 Å². The van der Waals surface area contributed by atoms with Gasteiger partial charge in [0.2, 0.25) is 0 Å². The van der Waals surface area contributed by atoms with Crippen molar-refractivity contribution in [2.24, 2.45) is 0 Å². The summed E-state index contributed by atoms with van der Waals surface area (Å²) in [4.78, 5) is 0. The van der Waals surface area contributed by atoms with Gasteiger partial charge in [-0.1, -0.05) is 98.6 Å². The van der Waals surface area contributed by atoms with E-state index >= 15 is 0 Å². The molecule has 0 aliphatic heterocycles. The fourth-order valence-corrected chi connectivity index (χ4v) is 4.25. The van der Waals surface area contributed by atoms with E-state index in [0.717, 1.165) is 16.7 Å². The zero-order valence-electron chi connectivity index (χ0n) is 15.6. The van der Waals surface area contributed by atoms with Crippen LogP contribution in [0.4, 0.5) is 0 Å². The van der Waals surface area contributed by atoms with Gasteiger partial charge in [0.05, 0.1) is 0 Å². The topological polar surface area (TPSA) is 0 Å². The molecule has 4 aromatic carbocycles. The van der Waals surface area contributed by atoms with Crippen molar-refractivity contribution < 1.29 is 0 Å². The van der Waals surface area contributed by atoms with Gasteiger partial charge in [-0.25, -0.2) is 0 Å². The number of benzene rings is 4. The summed E-state index contributed by atoms with van der Waals surface area (Å²) in [7, 11) is 0. The minimum atomic E-state index is 1.13. The van der Waals surface area contributed by atoms with Crippen molar-refractivity contribution in [1.29, 1.82) is 0 Å². The molecular weight excluding hydrogens is 324 g/mol. The van der Waals surface area contributed by atoms with Crippen molar-refractivity contribution in [3.8, 4) is 0 Å². The Kier molecular flexibility index (Phi) is 4.25. The molecule has 0 N–H and O–H groups in total. The third-order valence-electron chi connectivity index (χ3n) is 5.29. The van der Waals surface area contributed by atoms with Gasteiger partial charge in [0.25, 0.3) is 0 Å². The van der Waals surface area contributed by atoms with Crippen LogP contribution < -0.4 is 0 Å². The minimum Gasteiger partial charge on any atom is -0.0984 e. The molecule has 0 fully saturated rings. The van der Waals surface area contributed by atoms with Crippen LogP contribution in [0.15, 0.2) is 74.3 Å². The lowest BCUT2D eigenvalue weighted by Crippen LogP contribution is -1.95. The Hall–Kier alpha value is -3.38. The monoisotopic (exact) mass is 346 g/mol. The van der Waals surface area contributed by atoms with Gasteiger partial charge in [-0.15, -0.1) is 0 Å². The predicted molar refractivity (Wildman–Crippen MR) is 124 cm³/mol.